The Morgan fingerprint density at radius 2 is 1.97 bits per heavy atom. The van der Waals surface area contributed by atoms with Crippen molar-refractivity contribution in [3.63, 3.8) is 0 Å². The summed E-state index contributed by atoms with van der Waals surface area (Å²) in [6.45, 7) is 2.26. The molecular weight excluding hydrogens is 395 g/mol. The Kier molecular flexibility index (Phi) is 6.11. The van der Waals surface area contributed by atoms with E-state index in [1.54, 1.807) is 22.9 Å². The summed E-state index contributed by atoms with van der Waals surface area (Å²) in [6, 6.07) is 13.8. The number of anilines is 1. The molecule has 6 nitrogen and oxygen atoms in total. The highest BCUT2D eigenvalue weighted by atomic mass is 19.1. The first-order valence-corrected chi connectivity index (χ1v) is 10.6. The molecule has 3 aromatic rings. The van der Waals surface area contributed by atoms with Crippen molar-refractivity contribution >= 4 is 17.5 Å². The Morgan fingerprint density at radius 1 is 1.13 bits per heavy atom. The minimum Gasteiger partial charge on any atom is -0.347 e. The van der Waals surface area contributed by atoms with Gasteiger partial charge in [0.05, 0.1) is 0 Å². The monoisotopic (exact) mass is 420 g/mol. The highest BCUT2D eigenvalue weighted by Gasteiger charge is 2.27. The van der Waals surface area contributed by atoms with Crippen LogP contribution >= 0.6 is 0 Å². The minimum absolute atomic E-state index is 0.0297. The van der Waals surface area contributed by atoms with E-state index in [1.165, 1.54) is 6.07 Å². The van der Waals surface area contributed by atoms with E-state index in [1.807, 2.05) is 31.2 Å². The molecule has 0 spiro atoms. The molecule has 0 aliphatic heterocycles. The van der Waals surface area contributed by atoms with E-state index in [2.05, 4.69) is 15.7 Å². The van der Waals surface area contributed by atoms with Gasteiger partial charge in [-0.1, -0.05) is 31.2 Å². The van der Waals surface area contributed by atoms with Gasteiger partial charge in [0.2, 0.25) is 5.91 Å². The van der Waals surface area contributed by atoms with Gasteiger partial charge < -0.3 is 10.6 Å². The van der Waals surface area contributed by atoms with Gasteiger partial charge in [0.25, 0.3) is 5.91 Å². The molecule has 0 saturated carbocycles. The zero-order valence-electron chi connectivity index (χ0n) is 17.5. The summed E-state index contributed by atoms with van der Waals surface area (Å²) in [6.07, 6.45) is 3.69. The molecule has 0 atom stereocenters. The number of carbonyl (C=O) groups excluding carboxylic acids is 2. The van der Waals surface area contributed by atoms with Crippen LogP contribution in [-0.4, -0.2) is 21.6 Å². The second-order valence-corrected chi connectivity index (χ2v) is 7.67. The number of rotatable bonds is 7. The molecule has 4 rings (SSSR count). The lowest BCUT2D eigenvalue weighted by atomic mass is 10.1. The number of amides is 2. The Morgan fingerprint density at radius 3 is 2.77 bits per heavy atom. The molecular formula is C24H25FN4O2. The standard InChI is InChI=1S/C24H25FN4O2/c1-2-7-22(30)27-17-9-5-8-16(14-17)15-26-24(31)23-18-10-6-13-20(18)29(28-23)21-12-4-3-11-19(21)25/h3-5,8-9,11-12,14H,2,6-7,10,13,15H2,1H3,(H,26,31)(H,27,30). The van der Waals surface area contributed by atoms with Crippen LogP contribution < -0.4 is 10.6 Å². The smallest absolute Gasteiger partial charge is 0.272 e. The van der Waals surface area contributed by atoms with Crippen LogP contribution in [0.2, 0.25) is 0 Å². The molecule has 0 unspecified atom stereocenters. The van der Waals surface area contributed by atoms with Gasteiger partial charge in [-0.2, -0.15) is 5.10 Å². The summed E-state index contributed by atoms with van der Waals surface area (Å²) in [4.78, 5) is 24.7. The van der Waals surface area contributed by atoms with Gasteiger partial charge in [0.1, 0.15) is 11.5 Å². The van der Waals surface area contributed by atoms with E-state index in [0.717, 1.165) is 42.5 Å². The molecule has 2 N–H and O–H groups in total. The second-order valence-electron chi connectivity index (χ2n) is 7.67. The predicted molar refractivity (Wildman–Crippen MR) is 117 cm³/mol. The van der Waals surface area contributed by atoms with Crippen molar-refractivity contribution in [2.24, 2.45) is 0 Å². The third kappa shape index (κ3) is 4.50. The van der Waals surface area contributed by atoms with Crippen LogP contribution in [-0.2, 0) is 24.2 Å². The van der Waals surface area contributed by atoms with Crippen LogP contribution in [0, 0.1) is 5.82 Å². The van der Waals surface area contributed by atoms with Gasteiger partial charge in [-0.15, -0.1) is 0 Å². The summed E-state index contributed by atoms with van der Waals surface area (Å²) < 4.78 is 15.9. The van der Waals surface area contributed by atoms with E-state index in [0.29, 0.717) is 30.0 Å². The molecule has 31 heavy (non-hydrogen) atoms. The number of hydrogen-bond acceptors (Lipinski definition) is 3. The zero-order chi connectivity index (χ0) is 21.8. The van der Waals surface area contributed by atoms with Crippen molar-refractivity contribution in [1.29, 1.82) is 0 Å². The molecule has 1 aromatic heterocycles. The van der Waals surface area contributed by atoms with Crippen LogP contribution in [0.25, 0.3) is 5.69 Å². The van der Waals surface area contributed by atoms with E-state index in [-0.39, 0.29) is 17.6 Å². The van der Waals surface area contributed by atoms with Crippen molar-refractivity contribution in [2.45, 2.75) is 45.6 Å². The number of halogens is 1. The molecule has 0 bridgehead atoms. The van der Waals surface area contributed by atoms with Crippen molar-refractivity contribution in [1.82, 2.24) is 15.1 Å². The van der Waals surface area contributed by atoms with Crippen molar-refractivity contribution in [2.75, 3.05) is 5.32 Å². The lowest BCUT2D eigenvalue weighted by Crippen LogP contribution is -2.24. The number of nitrogens with one attached hydrogen (secondary N) is 2. The fraction of sp³-hybridized carbons (Fsp3) is 0.292. The van der Waals surface area contributed by atoms with E-state index in [9.17, 15) is 14.0 Å². The Hall–Kier alpha value is -3.48. The number of para-hydroxylation sites is 1. The molecule has 1 heterocycles. The summed E-state index contributed by atoms with van der Waals surface area (Å²) in [5, 5.41) is 10.2. The van der Waals surface area contributed by atoms with E-state index >= 15 is 0 Å². The fourth-order valence-electron chi connectivity index (χ4n) is 3.92. The number of carbonyl (C=O) groups is 2. The number of hydrogen-bond donors (Lipinski definition) is 2. The average molecular weight is 420 g/mol. The van der Waals surface area contributed by atoms with Gasteiger partial charge in [-0.3, -0.25) is 9.59 Å². The average Bonchev–Trinajstić information content (AvgIpc) is 3.36. The van der Waals surface area contributed by atoms with Crippen LogP contribution in [0.15, 0.2) is 48.5 Å². The first-order chi connectivity index (χ1) is 15.1. The third-order valence-electron chi connectivity index (χ3n) is 5.37. The molecule has 0 fully saturated rings. The van der Waals surface area contributed by atoms with Gasteiger partial charge in [0, 0.05) is 29.9 Å². The molecule has 0 saturated heterocycles. The molecule has 160 valence electrons. The van der Waals surface area contributed by atoms with E-state index in [4.69, 9.17) is 0 Å². The van der Waals surface area contributed by atoms with E-state index < -0.39 is 0 Å². The molecule has 2 amide bonds. The molecule has 2 aromatic carbocycles. The molecule has 1 aliphatic carbocycles. The predicted octanol–water partition coefficient (Wildman–Crippen LogP) is 4.17. The lowest BCUT2D eigenvalue weighted by Gasteiger charge is -2.08. The molecule has 7 heteroatoms. The van der Waals surface area contributed by atoms with Crippen molar-refractivity contribution < 1.29 is 14.0 Å². The maximum absolute atomic E-state index is 14.3. The summed E-state index contributed by atoms with van der Waals surface area (Å²) >= 11 is 0. The summed E-state index contributed by atoms with van der Waals surface area (Å²) in [5.41, 5.74) is 4.07. The Labute approximate surface area is 180 Å². The minimum atomic E-state index is -0.367. The quantitative estimate of drug-likeness (QED) is 0.602. The molecule has 0 radical (unpaired) electrons. The van der Waals surface area contributed by atoms with Crippen LogP contribution in [0.4, 0.5) is 10.1 Å². The SMILES string of the molecule is CCCC(=O)Nc1cccc(CNC(=O)c2nn(-c3ccccc3F)c3c2CCC3)c1. The number of aromatic nitrogens is 2. The van der Waals surface area contributed by atoms with Crippen molar-refractivity contribution in [3.8, 4) is 5.69 Å². The van der Waals surface area contributed by atoms with Gasteiger partial charge in [-0.25, -0.2) is 9.07 Å². The maximum atomic E-state index is 14.3. The lowest BCUT2D eigenvalue weighted by molar-refractivity contribution is -0.116. The number of nitrogens with zero attached hydrogens (tertiary/aromatic N) is 2. The summed E-state index contributed by atoms with van der Waals surface area (Å²) in [5.74, 6) is -0.680. The van der Waals surface area contributed by atoms with Gasteiger partial charge >= 0.3 is 0 Å². The first-order valence-electron chi connectivity index (χ1n) is 10.6. The van der Waals surface area contributed by atoms with Crippen LogP contribution in [0.3, 0.4) is 0 Å². The molecule has 1 aliphatic rings. The Bertz CT molecular complexity index is 1120. The normalized spacial score (nSPS) is 12.5. The summed E-state index contributed by atoms with van der Waals surface area (Å²) in [7, 11) is 0. The Balaban J connectivity index is 1.50. The third-order valence-corrected chi connectivity index (χ3v) is 5.37. The van der Waals surface area contributed by atoms with Crippen LogP contribution in [0.1, 0.15) is 53.5 Å². The van der Waals surface area contributed by atoms with Crippen molar-refractivity contribution in [3.05, 3.63) is 76.9 Å². The fourth-order valence-corrected chi connectivity index (χ4v) is 3.92. The largest absolute Gasteiger partial charge is 0.347 e. The maximum Gasteiger partial charge on any atom is 0.272 e. The zero-order valence-corrected chi connectivity index (χ0v) is 17.5. The van der Waals surface area contributed by atoms with Crippen LogP contribution in [0.5, 0.6) is 0 Å². The first kappa shape index (κ1) is 20.8. The second kappa shape index (κ2) is 9.12. The number of fused-ring (bicyclic) bond motifs is 1. The highest BCUT2D eigenvalue weighted by Crippen LogP contribution is 2.28. The highest BCUT2D eigenvalue weighted by molar-refractivity contribution is 5.94. The topological polar surface area (TPSA) is 76.0 Å². The van der Waals surface area contributed by atoms with Gasteiger partial charge in [-0.05, 0) is 55.5 Å². The number of benzene rings is 2. The van der Waals surface area contributed by atoms with Gasteiger partial charge in [0.15, 0.2) is 5.69 Å².